The van der Waals surface area contributed by atoms with Crippen molar-refractivity contribution in [2.75, 3.05) is 39.3 Å². The average molecular weight is 362 g/mol. The molecule has 0 radical (unpaired) electrons. The van der Waals surface area contributed by atoms with Crippen LogP contribution in [0.3, 0.4) is 0 Å². The second-order valence-electron chi connectivity index (χ2n) is 8.26. The molecule has 1 unspecified atom stereocenters. The van der Waals surface area contributed by atoms with Gasteiger partial charge in [-0.05, 0) is 41.6 Å². The standard InChI is InChI=1S/C16H31NOS.C2H6O.C2H6/c1-13-7-8-17(10-13)14(18)9-15(2,3)11-16(4,5)12-19-6;1-3-2;1-2/h13H,7-12H2,1-6H3;1-2H3;1-2H3. The van der Waals surface area contributed by atoms with E-state index in [0.717, 1.165) is 25.3 Å². The van der Waals surface area contributed by atoms with Crippen molar-refractivity contribution in [2.45, 2.75) is 67.7 Å². The molecule has 1 amide bonds. The Morgan fingerprint density at radius 1 is 1.17 bits per heavy atom. The van der Waals surface area contributed by atoms with Crippen LogP contribution in [0.2, 0.25) is 0 Å². The van der Waals surface area contributed by atoms with Crippen molar-refractivity contribution in [1.29, 1.82) is 0 Å². The van der Waals surface area contributed by atoms with Crippen LogP contribution in [0.1, 0.15) is 67.7 Å². The van der Waals surface area contributed by atoms with Crippen LogP contribution in [0.25, 0.3) is 0 Å². The van der Waals surface area contributed by atoms with Crippen LogP contribution in [0.15, 0.2) is 0 Å². The zero-order valence-corrected chi connectivity index (χ0v) is 18.8. The minimum atomic E-state index is 0.0993. The molecule has 3 nitrogen and oxygen atoms in total. The van der Waals surface area contributed by atoms with E-state index in [1.807, 2.05) is 25.6 Å². The van der Waals surface area contributed by atoms with Gasteiger partial charge >= 0.3 is 0 Å². The lowest BCUT2D eigenvalue weighted by Crippen LogP contribution is -2.34. The molecule has 0 spiro atoms. The number of likely N-dealkylation sites (tertiary alicyclic amines) is 1. The van der Waals surface area contributed by atoms with Crippen molar-refractivity contribution in [1.82, 2.24) is 4.90 Å². The Kier molecular flexibility index (Phi) is 14.1. The first-order valence-corrected chi connectivity index (χ1v) is 10.6. The van der Waals surface area contributed by atoms with Crippen molar-refractivity contribution in [2.24, 2.45) is 16.7 Å². The number of amides is 1. The fourth-order valence-corrected chi connectivity index (χ4v) is 4.37. The van der Waals surface area contributed by atoms with Crippen LogP contribution in [-0.4, -0.2) is 50.1 Å². The summed E-state index contributed by atoms with van der Waals surface area (Å²) in [5.41, 5.74) is 0.406. The van der Waals surface area contributed by atoms with Gasteiger partial charge in [-0.2, -0.15) is 11.8 Å². The lowest BCUT2D eigenvalue weighted by atomic mass is 9.74. The Hall–Kier alpha value is -0.220. The first-order chi connectivity index (χ1) is 11.1. The number of nitrogens with zero attached hydrogens (tertiary/aromatic N) is 1. The summed E-state index contributed by atoms with van der Waals surface area (Å²) >= 11 is 1.90. The van der Waals surface area contributed by atoms with Gasteiger partial charge in [-0.25, -0.2) is 0 Å². The number of methoxy groups -OCH3 is 1. The van der Waals surface area contributed by atoms with Gasteiger partial charge in [0.05, 0.1) is 0 Å². The normalized spacial score (nSPS) is 17.6. The Morgan fingerprint density at radius 2 is 1.67 bits per heavy atom. The summed E-state index contributed by atoms with van der Waals surface area (Å²) in [5, 5.41) is 0. The van der Waals surface area contributed by atoms with Crippen molar-refractivity contribution in [3.05, 3.63) is 0 Å². The molecule has 146 valence electrons. The van der Waals surface area contributed by atoms with Crippen LogP contribution in [0.4, 0.5) is 0 Å². The highest BCUT2D eigenvalue weighted by molar-refractivity contribution is 7.98. The maximum absolute atomic E-state index is 12.4. The lowest BCUT2D eigenvalue weighted by Gasteiger charge is -2.35. The second-order valence-corrected chi connectivity index (χ2v) is 9.12. The van der Waals surface area contributed by atoms with Gasteiger partial charge in [0.15, 0.2) is 0 Å². The Labute approximate surface area is 156 Å². The zero-order chi connectivity index (χ0) is 19.4. The van der Waals surface area contributed by atoms with Crippen LogP contribution in [0.5, 0.6) is 0 Å². The minimum absolute atomic E-state index is 0.0993. The highest BCUT2D eigenvalue weighted by Crippen LogP contribution is 2.38. The van der Waals surface area contributed by atoms with E-state index in [1.165, 1.54) is 6.42 Å². The van der Waals surface area contributed by atoms with Crippen molar-refractivity contribution < 1.29 is 9.53 Å². The highest BCUT2D eigenvalue weighted by Gasteiger charge is 2.33. The predicted molar refractivity (Wildman–Crippen MR) is 110 cm³/mol. The molecule has 0 bridgehead atoms. The molecular weight excluding hydrogens is 318 g/mol. The first-order valence-electron chi connectivity index (χ1n) is 9.24. The molecule has 0 aliphatic carbocycles. The van der Waals surface area contributed by atoms with Crippen LogP contribution < -0.4 is 0 Å². The Balaban J connectivity index is 0. The van der Waals surface area contributed by atoms with Gasteiger partial charge in [-0.1, -0.05) is 48.5 Å². The molecule has 0 N–H and O–H groups in total. The number of carbonyl (C=O) groups excluding carboxylic acids is 1. The van der Waals surface area contributed by atoms with E-state index in [0.29, 0.717) is 23.7 Å². The van der Waals surface area contributed by atoms with E-state index in [-0.39, 0.29) is 5.41 Å². The molecule has 0 aromatic carbocycles. The predicted octanol–water partition coefficient (Wildman–Crippen LogP) is 5.34. The second kappa shape index (κ2) is 13.0. The summed E-state index contributed by atoms with van der Waals surface area (Å²) in [7, 11) is 3.25. The molecule has 1 saturated heterocycles. The monoisotopic (exact) mass is 361 g/mol. The third-order valence-corrected chi connectivity index (χ3v) is 4.97. The largest absolute Gasteiger partial charge is 0.388 e. The Morgan fingerprint density at radius 3 is 2.04 bits per heavy atom. The third-order valence-electron chi connectivity index (χ3n) is 3.90. The fraction of sp³-hybridized carbons (Fsp3) is 0.950. The maximum atomic E-state index is 12.4. The zero-order valence-electron chi connectivity index (χ0n) is 18.0. The topological polar surface area (TPSA) is 29.5 Å². The molecule has 1 rings (SSSR count). The minimum Gasteiger partial charge on any atom is -0.388 e. The first kappa shape index (κ1) is 26.0. The summed E-state index contributed by atoms with van der Waals surface area (Å²) in [5.74, 6) is 2.19. The molecule has 0 aromatic rings. The van der Waals surface area contributed by atoms with Crippen LogP contribution in [-0.2, 0) is 9.53 Å². The molecule has 1 aliphatic rings. The van der Waals surface area contributed by atoms with Crippen molar-refractivity contribution in [3.63, 3.8) is 0 Å². The van der Waals surface area contributed by atoms with E-state index in [2.05, 4.69) is 50.5 Å². The number of hydrogen-bond donors (Lipinski definition) is 0. The number of thioether (sulfide) groups is 1. The van der Waals surface area contributed by atoms with Gasteiger partial charge in [0.2, 0.25) is 5.91 Å². The van der Waals surface area contributed by atoms with Crippen molar-refractivity contribution >= 4 is 17.7 Å². The molecule has 24 heavy (non-hydrogen) atoms. The van der Waals surface area contributed by atoms with Gasteiger partial charge in [0.25, 0.3) is 0 Å². The fourth-order valence-electron chi connectivity index (χ4n) is 3.48. The van der Waals surface area contributed by atoms with E-state index in [1.54, 1.807) is 14.2 Å². The van der Waals surface area contributed by atoms with E-state index in [9.17, 15) is 4.79 Å². The van der Waals surface area contributed by atoms with Gasteiger partial charge in [-0.15, -0.1) is 0 Å². The smallest absolute Gasteiger partial charge is 0.223 e. The summed E-state index contributed by atoms with van der Waals surface area (Å²) in [6.07, 6.45) is 5.13. The molecule has 1 heterocycles. The summed E-state index contributed by atoms with van der Waals surface area (Å²) in [6, 6.07) is 0. The molecule has 0 aromatic heterocycles. The van der Waals surface area contributed by atoms with E-state index >= 15 is 0 Å². The quantitative estimate of drug-likeness (QED) is 0.639. The van der Waals surface area contributed by atoms with Gasteiger partial charge in [0, 0.05) is 33.7 Å². The van der Waals surface area contributed by atoms with Crippen molar-refractivity contribution in [3.8, 4) is 0 Å². The molecule has 1 atom stereocenters. The van der Waals surface area contributed by atoms with E-state index in [4.69, 9.17) is 0 Å². The highest BCUT2D eigenvalue weighted by atomic mass is 32.2. The number of rotatable bonds is 6. The summed E-state index contributed by atoms with van der Waals surface area (Å²) < 4.78 is 4.25. The number of carbonyl (C=O) groups is 1. The molecular formula is C20H43NO2S. The van der Waals surface area contributed by atoms with Crippen LogP contribution in [0, 0.1) is 16.7 Å². The summed E-state index contributed by atoms with van der Waals surface area (Å²) in [6.45, 7) is 17.3. The maximum Gasteiger partial charge on any atom is 0.223 e. The SMILES string of the molecule is CC.COC.CSCC(C)(C)CC(C)(C)CC(=O)N1CCC(C)C1. The molecule has 0 saturated carbocycles. The number of ether oxygens (including phenoxy) is 1. The molecule has 1 aliphatic heterocycles. The molecule has 4 heteroatoms. The lowest BCUT2D eigenvalue weighted by molar-refractivity contribution is -0.132. The van der Waals surface area contributed by atoms with Gasteiger partial charge < -0.3 is 9.64 Å². The van der Waals surface area contributed by atoms with Crippen LogP contribution >= 0.6 is 11.8 Å². The summed E-state index contributed by atoms with van der Waals surface area (Å²) in [4.78, 5) is 14.4. The van der Waals surface area contributed by atoms with Gasteiger partial charge in [-0.3, -0.25) is 4.79 Å². The third kappa shape index (κ3) is 12.2. The average Bonchev–Trinajstić information content (AvgIpc) is 2.86. The van der Waals surface area contributed by atoms with Gasteiger partial charge in [0.1, 0.15) is 0 Å². The number of hydrogen-bond acceptors (Lipinski definition) is 3. The van der Waals surface area contributed by atoms with E-state index < -0.39 is 0 Å². The Bertz CT molecular complexity index is 330. The molecule has 1 fully saturated rings.